The zero-order valence-corrected chi connectivity index (χ0v) is 19.4. The second kappa shape index (κ2) is 7.99. The van der Waals surface area contributed by atoms with E-state index in [-0.39, 0.29) is 23.1 Å². The molecule has 0 radical (unpaired) electrons. The summed E-state index contributed by atoms with van der Waals surface area (Å²) in [6.07, 6.45) is 5.88. The van der Waals surface area contributed by atoms with Gasteiger partial charge in [0.05, 0.1) is 24.9 Å². The first kappa shape index (κ1) is 21.4. The summed E-state index contributed by atoms with van der Waals surface area (Å²) >= 11 is 6.26. The summed E-state index contributed by atoms with van der Waals surface area (Å²) in [5, 5.41) is 4.69. The number of hydrogen-bond acceptors (Lipinski definition) is 6. The Kier molecular flexibility index (Phi) is 5.03. The minimum atomic E-state index is -0.719. The SMILES string of the molecule is C[C@@H]1CN(c2nc(-c3ccc(F)cc3F)c3c(n2)nc(Cl)n3C)C[C@H](c2cnn(C3CC3)c2)O1. The molecule has 1 saturated heterocycles. The lowest BCUT2D eigenvalue weighted by atomic mass is 10.1. The van der Waals surface area contributed by atoms with E-state index in [9.17, 15) is 8.78 Å². The summed E-state index contributed by atoms with van der Waals surface area (Å²) < 4.78 is 38.2. The number of hydrogen-bond donors (Lipinski definition) is 0. The summed E-state index contributed by atoms with van der Waals surface area (Å²) in [6.45, 7) is 3.03. The highest BCUT2D eigenvalue weighted by Crippen LogP contribution is 2.36. The average molecular weight is 486 g/mol. The molecule has 1 aromatic carbocycles. The lowest BCUT2D eigenvalue weighted by Gasteiger charge is -2.36. The molecule has 0 bridgehead atoms. The Morgan fingerprint density at radius 3 is 2.71 bits per heavy atom. The Labute approximate surface area is 199 Å². The predicted molar refractivity (Wildman–Crippen MR) is 123 cm³/mol. The summed E-state index contributed by atoms with van der Waals surface area (Å²) in [7, 11) is 1.70. The highest BCUT2D eigenvalue weighted by molar-refractivity contribution is 6.29. The van der Waals surface area contributed by atoms with E-state index in [1.807, 2.05) is 28.9 Å². The number of imidazole rings is 1. The van der Waals surface area contributed by atoms with Crippen LogP contribution in [0.1, 0.15) is 37.5 Å². The lowest BCUT2D eigenvalue weighted by Crippen LogP contribution is -2.43. The predicted octanol–water partition coefficient (Wildman–Crippen LogP) is 4.46. The fourth-order valence-corrected chi connectivity index (χ4v) is 4.60. The number of aromatic nitrogens is 6. The van der Waals surface area contributed by atoms with Gasteiger partial charge in [0.15, 0.2) is 5.65 Å². The highest BCUT2D eigenvalue weighted by atomic mass is 35.5. The quantitative estimate of drug-likeness (QED) is 0.397. The number of rotatable bonds is 4. The lowest BCUT2D eigenvalue weighted by molar-refractivity contribution is -0.0178. The van der Waals surface area contributed by atoms with Crippen molar-refractivity contribution in [2.75, 3.05) is 18.0 Å². The fourth-order valence-electron chi connectivity index (χ4n) is 4.44. The molecular weight excluding hydrogens is 464 g/mol. The Morgan fingerprint density at radius 2 is 1.94 bits per heavy atom. The number of aryl methyl sites for hydroxylation is 1. The zero-order valence-electron chi connectivity index (χ0n) is 18.6. The molecule has 3 aromatic heterocycles. The summed E-state index contributed by atoms with van der Waals surface area (Å²) in [4.78, 5) is 15.7. The second-order valence-corrected chi connectivity index (χ2v) is 9.27. The summed E-state index contributed by atoms with van der Waals surface area (Å²) in [5.41, 5.74) is 2.27. The van der Waals surface area contributed by atoms with Crippen LogP contribution in [0.25, 0.3) is 22.4 Å². The van der Waals surface area contributed by atoms with E-state index in [1.54, 1.807) is 11.6 Å². The van der Waals surface area contributed by atoms with Crippen LogP contribution < -0.4 is 4.90 Å². The van der Waals surface area contributed by atoms with Gasteiger partial charge in [-0.05, 0) is 43.5 Å². The number of morpholine rings is 1. The topological polar surface area (TPSA) is 73.9 Å². The van der Waals surface area contributed by atoms with Crippen molar-refractivity contribution in [3.8, 4) is 11.3 Å². The average Bonchev–Trinajstić information content (AvgIpc) is 3.46. The molecule has 34 heavy (non-hydrogen) atoms. The van der Waals surface area contributed by atoms with Gasteiger partial charge in [-0.3, -0.25) is 4.68 Å². The van der Waals surface area contributed by atoms with Crippen LogP contribution in [0.2, 0.25) is 5.28 Å². The first-order valence-electron chi connectivity index (χ1n) is 11.2. The fraction of sp³-hybridized carbons (Fsp3) is 0.391. The monoisotopic (exact) mass is 485 g/mol. The molecule has 6 rings (SSSR count). The van der Waals surface area contributed by atoms with Gasteiger partial charge in [0, 0.05) is 37.0 Å². The van der Waals surface area contributed by atoms with Gasteiger partial charge in [-0.25, -0.2) is 13.8 Å². The van der Waals surface area contributed by atoms with E-state index in [4.69, 9.17) is 21.3 Å². The van der Waals surface area contributed by atoms with Gasteiger partial charge in [0.25, 0.3) is 0 Å². The maximum Gasteiger partial charge on any atom is 0.228 e. The first-order chi connectivity index (χ1) is 16.4. The molecule has 8 nitrogen and oxygen atoms in total. The number of fused-ring (bicyclic) bond motifs is 1. The molecule has 1 aliphatic carbocycles. The third kappa shape index (κ3) is 3.70. The molecule has 0 unspecified atom stereocenters. The first-order valence-corrected chi connectivity index (χ1v) is 11.5. The van der Waals surface area contributed by atoms with E-state index in [0.717, 1.165) is 24.5 Å². The molecule has 176 valence electrons. The third-order valence-corrected chi connectivity index (χ3v) is 6.65. The van der Waals surface area contributed by atoms with Crippen LogP contribution in [0, 0.1) is 11.6 Å². The number of halogens is 3. The van der Waals surface area contributed by atoms with Gasteiger partial charge in [-0.1, -0.05) is 0 Å². The maximum atomic E-state index is 14.8. The van der Waals surface area contributed by atoms with Crippen molar-refractivity contribution in [1.29, 1.82) is 0 Å². The molecule has 11 heteroatoms. The zero-order chi connectivity index (χ0) is 23.6. The van der Waals surface area contributed by atoms with Crippen molar-refractivity contribution in [3.63, 3.8) is 0 Å². The van der Waals surface area contributed by atoms with Gasteiger partial charge in [0.1, 0.15) is 28.9 Å². The van der Waals surface area contributed by atoms with Crippen LogP contribution >= 0.6 is 11.6 Å². The van der Waals surface area contributed by atoms with E-state index < -0.39 is 11.6 Å². The van der Waals surface area contributed by atoms with E-state index in [2.05, 4.69) is 15.1 Å². The highest BCUT2D eigenvalue weighted by Gasteiger charge is 2.32. The minimum absolute atomic E-state index is 0.0966. The van der Waals surface area contributed by atoms with Gasteiger partial charge in [-0.15, -0.1) is 0 Å². The molecule has 2 fully saturated rings. The van der Waals surface area contributed by atoms with Crippen molar-refractivity contribution in [1.82, 2.24) is 29.3 Å². The number of ether oxygens (including phenoxy) is 1. The number of nitrogens with zero attached hydrogens (tertiary/aromatic N) is 7. The second-order valence-electron chi connectivity index (χ2n) is 8.93. The normalized spacial score (nSPS) is 20.9. The standard InChI is InChI=1S/C23H22ClF2N7O/c1-12-9-32(11-18(34-12)13-8-27-33(10-13)15-4-5-15)23-28-19(16-6-3-14(25)7-17(16)26)20-21(30-23)29-22(24)31(20)2/h3,6-8,10,12,15,18H,4-5,9,11H2,1-2H3/t12-,18-/m1/s1. The van der Waals surface area contributed by atoms with Crippen LogP contribution in [0.15, 0.2) is 30.6 Å². The molecule has 2 atom stereocenters. The van der Waals surface area contributed by atoms with Gasteiger partial charge >= 0.3 is 0 Å². The number of benzene rings is 1. The van der Waals surface area contributed by atoms with Crippen LogP contribution in [-0.4, -0.2) is 48.5 Å². The summed E-state index contributed by atoms with van der Waals surface area (Å²) in [6, 6.07) is 3.90. The van der Waals surface area contributed by atoms with Crippen LogP contribution in [0.5, 0.6) is 0 Å². The Bertz CT molecular complexity index is 1400. The van der Waals surface area contributed by atoms with E-state index in [0.29, 0.717) is 41.9 Å². The third-order valence-electron chi connectivity index (χ3n) is 6.31. The maximum absolute atomic E-state index is 14.8. The molecule has 0 spiro atoms. The van der Waals surface area contributed by atoms with Crippen molar-refractivity contribution >= 4 is 28.7 Å². The molecule has 1 saturated carbocycles. The Hall–Kier alpha value is -3.11. The summed E-state index contributed by atoms with van der Waals surface area (Å²) in [5.74, 6) is -0.994. The van der Waals surface area contributed by atoms with Crippen molar-refractivity contribution in [3.05, 3.63) is 53.1 Å². The van der Waals surface area contributed by atoms with E-state index >= 15 is 0 Å². The number of anilines is 1. The molecule has 4 heterocycles. The molecule has 0 N–H and O–H groups in total. The van der Waals surface area contributed by atoms with Crippen molar-refractivity contribution in [2.24, 2.45) is 7.05 Å². The van der Waals surface area contributed by atoms with Crippen molar-refractivity contribution < 1.29 is 13.5 Å². The van der Waals surface area contributed by atoms with Crippen LogP contribution in [0.4, 0.5) is 14.7 Å². The van der Waals surface area contributed by atoms with Gasteiger partial charge in [-0.2, -0.15) is 15.1 Å². The Balaban J connectivity index is 1.42. The van der Waals surface area contributed by atoms with Crippen LogP contribution in [0.3, 0.4) is 0 Å². The molecule has 2 aliphatic rings. The molecule has 1 aliphatic heterocycles. The largest absolute Gasteiger partial charge is 0.367 e. The van der Waals surface area contributed by atoms with Crippen LogP contribution in [-0.2, 0) is 11.8 Å². The molecular formula is C23H22ClF2N7O. The minimum Gasteiger partial charge on any atom is -0.367 e. The molecule has 4 aromatic rings. The Morgan fingerprint density at radius 1 is 1.12 bits per heavy atom. The van der Waals surface area contributed by atoms with Gasteiger partial charge < -0.3 is 14.2 Å². The van der Waals surface area contributed by atoms with E-state index in [1.165, 1.54) is 12.1 Å². The smallest absolute Gasteiger partial charge is 0.228 e. The van der Waals surface area contributed by atoms with Gasteiger partial charge in [0.2, 0.25) is 11.2 Å². The molecule has 0 amide bonds. The van der Waals surface area contributed by atoms with Crippen molar-refractivity contribution in [2.45, 2.75) is 38.0 Å².